The van der Waals surface area contributed by atoms with Gasteiger partial charge in [0.25, 0.3) is 0 Å². The number of furan rings is 1. The van der Waals surface area contributed by atoms with Gasteiger partial charge in [-0.1, -0.05) is 0 Å². The number of carbonyl (C=O) groups is 1. The second-order valence-corrected chi connectivity index (χ2v) is 3.43. The minimum Gasteiger partial charge on any atom is -0.483 e. The zero-order chi connectivity index (χ0) is 13.1. The number of hydrogen-bond donors (Lipinski definition) is 1. The average Bonchev–Trinajstić information content (AvgIpc) is 2.76. The van der Waals surface area contributed by atoms with Gasteiger partial charge in [0.05, 0.1) is 0 Å². The van der Waals surface area contributed by atoms with E-state index in [0.29, 0.717) is 6.07 Å². The molecule has 4 nitrogen and oxygen atoms in total. The van der Waals surface area contributed by atoms with E-state index in [4.69, 9.17) is 14.3 Å². The Balaban J connectivity index is 2.04. The molecule has 0 saturated carbocycles. The molecule has 2 aromatic rings. The van der Waals surface area contributed by atoms with Gasteiger partial charge in [-0.15, -0.1) is 0 Å². The fourth-order valence-electron chi connectivity index (χ4n) is 1.31. The molecule has 18 heavy (non-hydrogen) atoms. The zero-order valence-electron chi connectivity index (χ0n) is 9.02. The molecule has 0 atom stereocenters. The number of benzene rings is 1. The van der Waals surface area contributed by atoms with Crippen molar-refractivity contribution < 1.29 is 27.8 Å². The molecule has 0 spiro atoms. The normalized spacial score (nSPS) is 10.3. The van der Waals surface area contributed by atoms with E-state index in [-0.39, 0.29) is 23.9 Å². The van der Waals surface area contributed by atoms with E-state index >= 15 is 0 Å². The molecule has 1 heterocycles. The summed E-state index contributed by atoms with van der Waals surface area (Å²) >= 11 is 0. The molecule has 0 radical (unpaired) electrons. The predicted molar refractivity (Wildman–Crippen MR) is 56.4 cm³/mol. The summed E-state index contributed by atoms with van der Waals surface area (Å²) in [4.78, 5) is 10.5. The third-order valence-corrected chi connectivity index (χ3v) is 2.14. The average molecular weight is 254 g/mol. The van der Waals surface area contributed by atoms with Crippen LogP contribution in [0.1, 0.15) is 16.3 Å². The first-order valence-corrected chi connectivity index (χ1v) is 4.96. The molecule has 0 aliphatic carbocycles. The first-order chi connectivity index (χ1) is 8.56. The minimum atomic E-state index is -1.20. The van der Waals surface area contributed by atoms with Crippen molar-refractivity contribution in [2.75, 3.05) is 0 Å². The third-order valence-electron chi connectivity index (χ3n) is 2.14. The van der Waals surface area contributed by atoms with Crippen molar-refractivity contribution in [1.82, 2.24) is 0 Å². The number of ether oxygens (including phenoxy) is 1. The fraction of sp³-hybridized carbons (Fsp3) is 0.0833. The van der Waals surface area contributed by atoms with Gasteiger partial charge in [0, 0.05) is 6.07 Å². The molecule has 1 N–H and O–H groups in total. The molecule has 0 amide bonds. The Bertz CT molecular complexity index is 577. The summed E-state index contributed by atoms with van der Waals surface area (Å²) in [6.45, 7) is -0.143. The van der Waals surface area contributed by atoms with Crippen LogP contribution in [0.4, 0.5) is 8.78 Å². The van der Waals surface area contributed by atoms with Crippen molar-refractivity contribution in [3.05, 3.63) is 53.5 Å². The van der Waals surface area contributed by atoms with E-state index in [2.05, 4.69) is 0 Å². The van der Waals surface area contributed by atoms with Crippen LogP contribution in [0.2, 0.25) is 0 Å². The number of carboxylic acids is 1. The molecule has 0 aliphatic heterocycles. The fourth-order valence-corrected chi connectivity index (χ4v) is 1.31. The van der Waals surface area contributed by atoms with Gasteiger partial charge in [0.1, 0.15) is 18.2 Å². The molecule has 6 heteroatoms. The lowest BCUT2D eigenvalue weighted by Crippen LogP contribution is -1.97. The molecule has 1 aromatic carbocycles. The van der Waals surface area contributed by atoms with Crippen molar-refractivity contribution >= 4 is 5.97 Å². The van der Waals surface area contributed by atoms with Crippen LogP contribution in [0, 0.1) is 11.6 Å². The highest BCUT2D eigenvalue weighted by atomic mass is 19.1. The molecular weight excluding hydrogens is 246 g/mol. The van der Waals surface area contributed by atoms with Crippen LogP contribution in [0.5, 0.6) is 5.75 Å². The van der Waals surface area contributed by atoms with E-state index in [9.17, 15) is 13.6 Å². The molecule has 94 valence electrons. The van der Waals surface area contributed by atoms with Gasteiger partial charge in [-0.3, -0.25) is 0 Å². The minimum absolute atomic E-state index is 0.135. The SMILES string of the molecule is O=C(O)c1ccc(COc2ccc(F)cc2F)o1. The second-order valence-electron chi connectivity index (χ2n) is 3.43. The number of carboxylic acid groups (broad SMARTS) is 1. The van der Waals surface area contributed by atoms with Crippen LogP contribution < -0.4 is 4.74 Å². The van der Waals surface area contributed by atoms with E-state index in [0.717, 1.165) is 12.1 Å². The lowest BCUT2D eigenvalue weighted by Gasteiger charge is -2.04. The summed E-state index contributed by atoms with van der Waals surface area (Å²) in [5, 5.41) is 8.62. The summed E-state index contributed by atoms with van der Waals surface area (Å²) in [6, 6.07) is 5.57. The quantitative estimate of drug-likeness (QED) is 0.911. The molecule has 1 aromatic heterocycles. The van der Waals surface area contributed by atoms with Gasteiger partial charge < -0.3 is 14.3 Å². The van der Waals surface area contributed by atoms with Crippen molar-refractivity contribution in [1.29, 1.82) is 0 Å². The van der Waals surface area contributed by atoms with Crippen molar-refractivity contribution in [2.24, 2.45) is 0 Å². The molecular formula is C12H8F2O4. The van der Waals surface area contributed by atoms with Crippen molar-refractivity contribution in [2.45, 2.75) is 6.61 Å². The lowest BCUT2D eigenvalue weighted by molar-refractivity contribution is 0.0658. The Morgan fingerprint density at radius 2 is 2.06 bits per heavy atom. The summed E-state index contributed by atoms with van der Waals surface area (Å²) in [6.07, 6.45) is 0. The molecule has 0 saturated heterocycles. The highest BCUT2D eigenvalue weighted by Gasteiger charge is 2.10. The first-order valence-electron chi connectivity index (χ1n) is 4.96. The highest BCUT2D eigenvalue weighted by Crippen LogP contribution is 2.19. The van der Waals surface area contributed by atoms with Crippen LogP contribution in [0.3, 0.4) is 0 Å². The van der Waals surface area contributed by atoms with Crippen LogP contribution in [0.25, 0.3) is 0 Å². The van der Waals surface area contributed by atoms with Gasteiger partial charge in [-0.05, 0) is 24.3 Å². The van der Waals surface area contributed by atoms with Gasteiger partial charge in [0.2, 0.25) is 5.76 Å². The Labute approximate surface area is 100 Å². The molecule has 0 fully saturated rings. The summed E-state index contributed by atoms with van der Waals surface area (Å²) in [5.41, 5.74) is 0. The van der Waals surface area contributed by atoms with Gasteiger partial charge in [-0.25, -0.2) is 13.6 Å². The van der Waals surface area contributed by atoms with Crippen molar-refractivity contribution in [3.8, 4) is 5.75 Å². The van der Waals surface area contributed by atoms with E-state index in [1.54, 1.807) is 0 Å². The smallest absolute Gasteiger partial charge is 0.371 e. The van der Waals surface area contributed by atoms with Gasteiger partial charge >= 0.3 is 5.97 Å². The summed E-state index contributed by atoms with van der Waals surface area (Å²) in [7, 11) is 0. The van der Waals surface area contributed by atoms with E-state index in [1.807, 2.05) is 0 Å². The third kappa shape index (κ3) is 2.65. The number of rotatable bonds is 4. The van der Waals surface area contributed by atoms with Crippen LogP contribution in [0.15, 0.2) is 34.7 Å². The molecule has 2 rings (SSSR count). The summed E-state index contributed by atoms with van der Waals surface area (Å²) < 4.78 is 35.8. The van der Waals surface area contributed by atoms with Crippen molar-refractivity contribution in [3.63, 3.8) is 0 Å². The highest BCUT2D eigenvalue weighted by molar-refractivity contribution is 5.84. The maximum absolute atomic E-state index is 13.2. The molecule has 0 aliphatic rings. The molecule has 0 unspecified atom stereocenters. The number of hydrogen-bond acceptors (Lipinski definition) is 3. The molecule has 0 bridgehead atoms. The summed E-state index contributed by atoms with van der Waals surface area (Å²) in [5.74, 6) is -2.87. The topological polar surface area (TPSA) is 59.7 Å². The standard InChI is InChI=1S/C12H8F2O4/c13-7-1-3-10(9(14)5-7)17-6-8-2-4-11(18-8)12(15)16/h1-5H,6H2,(H,15,16). The Hall–Kier alpha value is -2.37. The van der Waals surface area contributed by atoms with E-state index < -0.39 is 17.6 Å². The predicted octanol–water partition coefficient (Wildman–Crippen LogP) is 2.84. The largest absolute Gasteiger partial charge is 0.483 e. The lowest BCUT2D eigenvalue weighted by atomic mass is 10.3. The monoisotopic (exact) mass is 254 g/mol. The number of halogens is 2. The van der Waals surface area contributed by atoms with Crippen LogP contribution in [-0.4, -0.2) is 11.1 Å². The maximum atomic E-state index is 13.2. The van der Waals surface area contributed by atoms with Crippen LogP contribution >= 0.6 is 0 Å². The first kappa shape index (κ1) is 12.1. The second kappa shape index (κ2) is 4.87. The zero-order valence-corrected chi connectivity index (χ0v) is 9.02. The maximum Gasteiger partial charge on any atom is 0.371 e. The van der Waals surface area contributed by atoms with Crippen LogP contribution in [-0.2, 0) is 6.61 Å². The van der Waals surface area contributed by atoms with Gasteiger partial charge in [-0.2, -0.15) is 0 Å². The Kier molecular flexibility index (Phi) is 3.27. The van der Waals surface area contributed by atoms with E-state index in [1.165, 1.54) is 12.1 Å². The Morgan fingerprint density at radius 3 is 2.67 bits per heavy atom. The number of aromatic carboxylic acids is 1. The van der Waals surface area contributed by atoms with Gasteiger partial charge in [0.15, 0.2) is 11.6 Å². The Morgan fingerprint density at radius 1 is 1.28 bits per heavy atom.